The van der Waals surface area contributed by atoms with Gasteiger partial charge in [0, 0.05) is 15.2 Å². The highest BCUT2D eigenvalue weighted by Gasteiger charge is 2.67. The van der Waals surface area contributed by atoms with Gasteiger partial charge in [0.25, 0.3) is 0 Å². The molecule has 1 aliphatic heterocycles. The summed E-state index contributed by atoms with van der Waals surface area (Å²) in [5.41, 5.74) is 0.348. The van der Waals surface area contributed by atoms with Gasteiger partial charge < -0.3 is 9.47 Å². The summed E-state index contributed by atoms with van der Waals surface area (Å²) in [4.78, 5) is 52.2. The van der Waals surface area contributed by atoms with Crippen LogP contribution in [-0.4, -0.2) is 57.9 Å². The van der Waals surface area contributed by atoms with Crippen LogP contribution in [0, 0.1) is 23.7 Å². The first-order valence-electron chi connectivity index (χ1n) is 9.75. The number of ether oxygens (including phenoxy) is 2. The molecule has 3 fully saturated rings. The average Bonchev–Trinajstić information content (AvgIpc) is 3.36. The van der Waals surface area contributed by atoms with Gasteiger partial charge in [0.15, 0.2) is 12.4 Å². The first-order chi connectivity index (χ1) is 14.3. The van der Waals surface area contributed by atoms with Gasteiger partial charge in [-0.3, -0.25) is 19.3 Å². The lowest BCUT2D eigenvalue weighted by Crippen LogP contribution is -2.45. The van der Waals surface area contributed by atoms with Crippen molar-refractivity contribution < 1.29 is 28.7 Å². The maximum absolute atomic E-state index is 13.0. The summed E-state index contributed by atoms with van der Waals surface area (Å²) in [5, 5.41) is 0. The highest BCUT2D eigenvalue weighted by atomic mass is 79.9. The summed E-state index contributed by atoms with van der Waals surface area (Å²) in [6.45, 7) is 0.992. The fourth-order valence-corrected chi connectivity index (χ4v) is 6.87. The number of hydrogen-bond acceptors (Lipinski definition) is 6. The Morgan fingerprint density at radius 1 is 1.13 bits per heavy atom. The molecule has 30 heavy (non-hydrogen) atoms. The number of benzene rings is 1. The number of alkyl halides is 2. The van der Waals surface area contributed by atoms with E-state index in [0.29, 0.717) is 11.3 Å². The molecule has 7 nitrogen and oxygen atoms in total. The number of carbonyl (C=O) groups excluding carboxylic acids is 4. The number of imide groups is 1. The van der Waals surface area contributed by atoms with Gasteiger partial charge in [-0.1, -0.05) is 44.0 Å². The molecular weight excluding hydrogens is 522 g/mol. The monoisotopic (exact) mass is 541 g/mol. The quantitative estimate of drug-likeness (QED) is 0.237. The summed E-state index contributed by atoms with van der Waals surface area (Å²) >= 11 is 7.27. The SMILES string of the molecule is COc1cccc(C(=O)COC(=O)[C@H](C)N2C(=O)[C@@H]3[C@H]4C[C@@H]([C@H](Br)[C@H]4Br)[C@H]3C2=O)c1. The number of likely N-dealkylation sites (tertiary alicyclic amines) is 1. The number of esters is 1. The van der Waals surface area contributed by atoms with E-state index in [4.69, 9.17) is 9.47 Å². The highest BCUT2D eigenvalue weighted by molar-refractivity contribution is 9.12. The van der Waals surface area contributed by atoms with Crippen molar-refractivity contribution >= 4 is 55.4 Å². The molecule has 0 spiro atoms. The molecule has 2 saturated carbocycles. The third-order valence-electron chi connectivity index (χ3n) is 6.49. The fraction of sp³-hybridized carbons (Fsp3) is 0.524. The smallest absolute Gasteiger partial charge is 0.329 e. The second kappa shape index (κ2) is 8.07. The van der Waals surface area contributed by atoms with E-state index in [2.05, 4.69) is 31.9 Å². The molecule has 3 aliphatic rings. The van der Waals surface area contributed by atoms with Gasteiger partial charge in [-0.05, 0) is 37.3 Å². The van der Waals surface area contributed by atoms with E-state index >= 15 is 0 Å². The molecule has 0 radical (unpaired) electrons. The zero-order valence-electron chi connectivity index (χ0n) is 16.4. The van der Waals surface area contributed by atoms with Crippen molar-refractivity contribution in [3.05, 3.63) is 29.8 Å². The molecule has 1 heterocycles. The highest BCUT2D eigenvalue weighted by Crippen LogP contribution is 2.60. The predicted octanol–water partition coefficient (Wildman–Crippen LogP) is 2.59. The van der Waals surface area contributed by atoms with Crippen LogP contribution in [0.5, 0.6) is 5.75 Å². The molecule has 9 heteroatoms. The summed E-state index contributed by atoms with van der Waals surface area (Å²) in [6, 6.07) is 5.45. The normalized spacial score (nSPS) is 32.9. The van der Waals surface area contributed by atoms with Gasteiger partial charge in [-0.25, -0.2) is 4.79 Å². The topological polar surface area (TPSA) is 90.0 Å². The van der Waals surface area contributed by atoms with Gasteiger partial charge in [0.05, 0.1) is 18.9 Å². The van der Waals surface area contributed by atoms with Crippen molar-refractivity contribution in [3.8, 4) is 5.75 Å². The number of ketones is 1. The van der Waals surface area contributed by atoms with E-state index < -0.39 is 36.2 Å². The Morgan fingerprint density at radius 2 is 1.73 bits per heavy atom. The van der Waals surface area contributed by atoms with Crippen LogP contribution in [0.3, 0.4) is 0 Å². The maximum Gasteiger partial charge on any atom is 0.329 e. The molecule has 1 saturated heterocycles. The molecule has 0 unspecified atom stereocenters. The molecule has 2 aliphatic carbocycles. The van der Waals surface area contributed by atoms with Crippen LogP contribution >= 0.6 is 31.9 Å². The van der Waals surface area contributed by atoms with Crippen LogP contribution in [-0.2, 0) is 19.1 Å². The van der Waals surface area contributed by atoms with Crippen molar-refractivity contribution in [2.75, 3.05) is 13.7 Å². The van der Waals surface area contributed by atoms with E-state index in [1.54, 1.807) is 24.3 Å². The minimum Gasteiger partial charge on any atom is -0.497 e. The number of amides is 2. The minimum atomic E-state index is -1.07. The number of nitrogens with zero attached hydrogens (tertiary/aromatic N) is 1. The Balaban J connectivity index is 1.41. The molecular formula is C21H21Br2NO6. The summed E-state index contributed by atoms with van der Waals surface area (Å²) in [6.07, 6.45) is 0.820. The van der Waals surface area contributed by atoms with E-state index in [1.165, 1.54) is 14.0 Å². The van der Waals surface area contributed by atoms with Crippen LogP contribution < -0.4 is 4.74 Å². The number of fused-ring (bicyclic) bond motifs is 5. The Bertz CT molecular complexity index is 889. The molecule has 160 valence electrons. The molecule has 4 rings (SSSR count). The van der Waals surface area contributed by atoms with E-state index in [9.17, 15) is 19.2 Å². The Labute approximate surface area is 190 Å². The van der Waals surface area contributed by atoms with Crippen molar-refractivity contribution in [1.29, 1.82) is 0 Å². The van der Waals surface area contributed by atoms with Crippen molar-refractivity contribution in [2.45, 2.75) is 29.0 Å². The molecule has 0 N–H and O–H groups in total. The number of rotatable bonds is 6. The zero-order valence-corrected chi connectivity index (χ0v) is 19.6. The number of halogens is 2. The second-order valence-electron chi connectivity index (χ2n) is 7.99. The van der Waals surface area contributed by atoms with Crippen molar-refractivity contribution in [2.24, 2.45) is 23.7 Å². The summed E-state index contributed by atoms with van der Waals surface area (Å²) < 4.78 is 10.2. The standard InChI is InChI=1S/C21H21Br2NO6/c1-9(21(28)30-8-14(25)10-4-3-5-11(6-10)29-2)24-19(26)15-12-7-13(16(15)20(24)27)18(23)17(12)22/h3-6,9,12-13,15-18H,7-8H2,1-2H3/t9-,12+,13+,15+,16+,17-,18-/m0/s1. The molecule has 2 amide bonds. The Hall–Kier alpha value is -1.74. The second-order valence-corrected chi connectivity index (χ2v) is 10.1. The lowest BCUT2D eigenvalue weighted by molar-refractivity contribution is -0.157. The maximum atomic E-state index is 13.0. The molecule has 1 aromatic carbocycles. The fourth-order valence-electron chi connectivity index (χ4n) is 5.00. The van der Waals surface area contributed by atoms with Crippen molar-refractivity contribution in [3.63, 3.8) is 0 Å². The largest absolute Gasteiger partial charge is 0.497 e. The van der Waals surface area contributed by atoms with E-state index in [-0.39, 0.29) is 33.3 Å². The summed E-state index contributed by atoms with van der Waals surface area (Å²) in [5.74, 6) is -1.92. The van der Waals surface area contributed by atoms with Gasteiger partial charge in [-0.15, -0.1) is 0 Å². The van der Waals surface area contributed by atoms with Crippen molar-refractivity contribution in [1.82, 2.24) is 4.90 Å². The number of methoxy groups -OCH3 is 1. The third kappa shape index (κ3) is 3.30. The van der Waals surface area contributed by atoms with Gasteiger partial charge in [0.1, 0.15) is 11.8 Å². The van der Waals surface area contributed by atoms with E-state index in [1.807, 2.05) is 0 Å². The zero-order chi connectivity index (χ0) is 21.7. The van der Waals surface area contributed by atoms with E-state index in [0.717, 1.165) is 11.3 Å². The molecule has 0 aromatic heterocycles. The number of carbonyl (C=O) groups is 4. The van der Waals surface area contributed by atoms with Crippen LogP contribution in [0.2, 0.25) is 0 Å². The third-order valence-corrected chi connectivity index (χ3v) is 9.69. The lowest BCUT2D eigenvalue weighted by Gasteiger charge is -2.28. The Kier molecular flexibility index (Phi) is 5.78. The predicted molar refractivity (Wildman–Crippen MR) is 114 cm³/mol. The number of Topliss-reactive ketones (excluding diaryl/α,β-unsaturated/α-hetero) is 1. The first-order valence-corrected chi connectivity index (χ1v) is 11.6. The summed E-state index contributed by atoms with van der Waals surface area (Å²) in [7, 11) is 1.49. The molecule has 7 atom stereocenters. The number of hydrogen-bond donors (Lipinski definition) is 0. The molecule has 2 bridgehead atoms. The van der Waals surface area contributed by atoms with Gasteiger partial charge in [0.2, 0.25) is 11.8 Å². The first kappa shape index (κ1) is 21.5. The van der Waals surface area contributed by atoms with Gasteiger partial charge >= 0.3 is 5.97 Å². The van der Waals surface area contributed by atoms with Crippen LogP contribution in [0.25, 0.3) is 0 Å². The lowest BCUT2D eigenvalue weighted by atomic mass is 9.81. The minimum absolute atomic E-state index is 0.0729. The molecule has 1 aromatic rings. The van der Waals surface area contributed by atoms with Crippen LogP contribution in [0.15, 0.2) is 24.3 Å². The average molecular weight is 543 g/mol. The Morgan fingerprint density at radius 3 is 2.30 bits per heavy atom. The van der Waals surface area contributed by atoms with Crippen LogP contribution in [0.4, 0.5) is 0 Å². The van der Waals surface area contributed by atoms with Crippen LogP contribution in [0.1, 0.15) is 23.7 Å². The van der Waals surface area contributed by atoms with Gasteiger partial charge in [-0.2, -0.15) is 0 Å².